The van der Waals surface area contributed by atoms with Gasteiger partial charge in [0.2, 0.25) is 11.7 Å². The summed E-state index contributed by atoms with van der Waals surface area (Å²) in [5.74, 6) is 2.19. The summed E-state index contributed by atoms with van der Waals surface area (Å²) in [4.78, 5) is 5.38. The molecule has 0 saturated heterocycles. The van der Waals surface area contributed by atoms with Gasteiger partial charge < -0.3 is 9.84 Å². The monoisotopic (exact) mass is 313 g/mol. The van der Waals surface area contributed by atoms with Crippen molar-refractivity contribution in [3.05, 3.63) is 21.8 Å². The number of rotatable bonds is 5. The molecule has 1 fully saturated rings. The molecule has 6 heteroatoms. The number of hydrogen-bond donors (Lipinski definition) is 1. The van der Waals surface area contributed by atoms with Crippen molar-refractivity contribution in [3.8, 4) is 10.7 Å². The van der Waals surface area contributed by atoms with Crippen molar-refractivity contribution in [2.45, 2.75) is 19.4 Å². The quantitative estimate of drug-likeness (QED) is 0.921. The number of thiophene rings is 1. The van der Waals surface area contributed by atoms with Crippen LogP contribution in [0.25, 0.3) is 10.7 Å². The number of nitrogens with one attached hydrogen (secondary N) is 1. The van der Waals surface area contributed by atoms with Crippen molar-refractivity contribution >= 4 is 27.3 Å². The molecule has 1 aliphatic rings. The van der Waals surface area contributed by atoms with Crippen molar-refractivity contribution in [3.63, 3.8) is 0 Å². The SMILES string of the molecule is Brc1ccc(-c2noc(CNCC3CC3)n2)s1. The first kappa shape index (κ1) is 11.4. The van der Waals surface area contributed by atoms with Crippen LogP contribution in [0.1, 0.15) is 18.7 Å². The van der Waals surface area contributed by atoms with E-state index >= 15 is 0 Å². The minimum atomic E-state index is 0.658. The normalized spacial score (nSPS) is 15.4. The van der Waals surface area contributed by atoms with Gasteiger partial charge in [0.05, 0.1) is 15.2 Å². The second-order valence-corrected chi connectivity index (χ2v) is 6.65. The van der Waals surface area contributed by atoms with Crippen LogP contribution in [0.3, 0.4) is 0 Å². The molecule has 0 amide bonds. The lowest BCUT2D eigenvalue weighted by Crippen LogP contribution is -2.16. The molecule has 0 radical (unpaired) electrons. The molecule has 1 N–H and O–H groups in total. The van der Waals surface area contributed by atoms with Crippen molar-refractivity contribution in [1.29, 1.82) is 0 Å². The predicted molar refractivity (Wildman–Crippen MR) is 69.7 cm³/mol. The maximum absolute atomic E-state index is 5.20. The van der Waals surface area contributed by atoms with Crippen LogP contribution < -0.4 is 5.32 Å². The minimum Gasteiger partial charge on any atom is -0.338 e. The summed E-state index contributed by atoms with van der Waals surface area (Å²) < 4.78 is 6.27. The summed E-state index contributed by atoms with van der Waals surface area (Å²) in [5.41, 5.74) is 0. The van der Waals surface area contributed by atoms with E-state index in [1.807, 2.05) is 12.1 Å². The van der Waals surface area contributed by atoms with Crippen LogP contribution >= 0.6 is 27.3 Å². The van der Waals surface area contributed by atoms with E-state index in [0.29, 0.717) is 18.3 Å². The zero-order valence-corrected chi connectivity index (χ0v) is 11.6. The topological polar surface area (TPSA) is 51.0 Å². The molecule has 0 spiro atoms. The maximum atomic E-state index is 5.20. The van der Waals surface area contributed by atoms with E-state index in [1.54, 1.807) is 11.3 Å². The van der Waals surface area contributed by atoms with E-state index in [0.717, 1.165) is 21.1 Å². The standard InChI is InChI=1S/C11H12BrN3OS/c12-9-4-3-8(17-9)11-14-10(16-15-11)6-13-5-7-1-2-7/h3-4,7,13H,1-2,5-6H2. The van der Waals surface area contributed by atoms with Crippen LogP contribution in [0.2, 0.25) is 0 Å². The third-order valence-electron chi connectivity index (χ3n) is 2.67. The lowest BCUT2D eigenvalue weighted by Gasteiger charge is -1.96. The fourth-order valence-corrected chi connectivity index (χ4v) is 2.88. The summed E-state index contributed by atoms with van der Waals surface area (Å²) in [6.07, 6.45) is 2.70. The minimum absolute atomic E-state index is 0.658. The molecule has 3 rings (SSSR count). The Bertz CT molecular complexity index is 506. The molecular formula is C11H12BrN3OS. The molecule has 2 heterocycles. The van der Waals surface area contributed by atoms with Gasteiger partial charge >= 0.3 is 0 Å². The fourth-order valence-electron chi connectivity index (χ4n) is 1.57. The molecule has 4 nitrogen and oxygen atoms in total. The number of aromatic nitrogens is 2. The summed E-state index contributed by atoms with van der Waals surface area (Å²) in [7, 11) is 0. The molecule has 0 aromatic carbocycles. The van der Waals surface area contributed by atoms with Gasteiger partial charge in [0, 0.05) is 0 Å². The van der Waals surface area contributed by atoms with Crippen molar-refractivity contribution in [2.24, 2.45) is 5.92 Å². The molecule has 1 aliphatic carbocycles. The van der Waals surface area contributed by atoms with Crippen LogP contribution in [0.4, 0.5) is 0 Å². The van der Waals surface area contributed by atoms with Gasteiger partial charge in [-0.25, -0.2) is 0 Å². The molecule has 0 atom stereocenters. The summed E-state index contributed by atoms with van der Waals surface area (Å²) in [5, 5.41) is 7.31. The molecule has 0 aliphatic heterocycles. The first-order valence-corrected chi connectivity index (χ1v) is 7.21. The fraction of sp³-hybridized carbons (Fsp3) is 0.455. The van der Waals surface area contributed by atoms with Crippen molar-refractivity contribution in [2.75, 3.05) is 6.54 Å². The van der Waals surface area contributed by atoms with Gasteiger partial charge in [-0.1, -0.05) is 5.16 Å². The Kier molecular flexibility index (Phi) is 3.26. The third kappa shape index (κ3) is 2.94. The van der Waals surface area contributed by atoms with Gasteiger partial charge in [0.25, 0.3) is 0 Å². The lowest BCUT2D eigenvalue weighted by molar-refractivity contribution is 0.367. The summed E-state index contributed by atoms with van der Waals surface area (Å²) in [6.45, 7) is 1.72. The molecule has 1 saturated carbocycles. The van der Waals surface area contributed by atoms with E-state index in [9.17, 15) is 0 Å². The van der Waals surface area contributed by atoms with Gasteiger partial charge in [-0.2, -0.15) is 4.98 Å². The molecule has 90 valence electrons. The van der Waals surface area contributed by atoms with Gasteiger partial charge in [-0.3, -0.25) is 0 Å². The maximum Gasteiger partial charge on any atom is 0.240 e. The summed E-state index contributed by atoms with van der Waals surface area (Å²) in [6, 6.07) is 3.97. The Labute approximate surface area is 112 Å². The third-order valence-corrected chi connectivity index (χ3v) is 4.29. The van der Waals surface area contributed by atoms with Gasteiger partial charge in [-0.05, 0) is 53.4 Å². The zero-order valence-electron chi connectivity index (χ0n) is 9.15. The van der Waals surface area contributed by atoms with Crippen LogP contribution in [-0.4, -0.2) is 16.7 Å². The van der Waals surface area contributed by atoms with Gasteiger partial charge in [0.15, 0.2) is 0 Å². The highest BCUT2D eigenvalue weighted by molar-refractivity contribution is 9.11. The van der Waals surface area contributed by atoms with E-state index in [-0.39, 0.29) is 0 Å². The van der Waals surface area contributed by atoms with E-state index < -0.39 is 0 Å². The largest absolute Gasteiger partial charge is 0.338 e. The van der Waals surface area contributed by atoms with E-state index in [2.05, 4.69) is 31.4 Å². The van der Waals surface area contributed by atoms with E-state index in [4.69, 9.17) is 4.52 Å². The van der Waals surface area contributed by atoms with Gasteiger partial charge in [0.1, 0.15) is 0 Å². The zero-order chi connectivity index (χ0) is 11.7. The van der Waals surface area contributed by atoms with Gasteiger partial charge in [-0.15, -0.1) is 11.3 Å². The van der Waals surface area contributed by atoms with Crippen LogP contribution in [0.5, 0.6) is 0 Å². The second kappa shape index (κ2) is 4.88. The van der Waals surface area contributed by atoms with Crippen molar-refractivity contribution in [1.82, 2.24) is 15.5 Å². The Morgan fingerprint density at radius 3 is 3.06 bits per heavy atom. The molecular weight excluding hydrogens is 302 g/mol. The summed E-state index contributed by atoms with van der Waals surface area (Å²) >= 11 is 5.03. The first-order valence-electron chi connectivity index (χ1n) is 5.60. The van der Waals surface area contributed by atoms with Crippen LogP contribution in [0.15, 0.2) is 20.4 Å². The molecule has 17 heavy (non-hydrogen) atoms. The number of halogens is 1. The Morgan fingerprint density at radius 2 is 2.35 bits per heavy atom. The highest BCUT2D eigenvalue weighted by Crippen LogP contribution is 2.29. The average molecular weight is 314 g/mol. The van der Waals surface area contributed by atoms with Crippen molar-refractivity contribution < 1.29 is 4.52 Å². The number of nitrogens with zero attached hydrogens (tertiary/aromatic N) is 2. The smallest absolute Gasteiger partial charge is 0.240 e. The Balaban J connectivity index is 1.61. The molecule has 2 aromatic rings. The Morgan fingerprint density at radius 1 is 1.47 bits per heavy atom. The van der Waals surface area contributed by atoms with E-state index in [1.165, 1.54) is 12.8 Å². The molecule has 0 bridgehead atoms. The Hall–Kier alpha value is -0.720. The highest BCUT2D eigenvalue weighted by Gasteiger charge is 2.20. The average Bonchev–Trinajstić information content (AvgIpc) is 2.85. The highest BCUT2D eigenvalue weighted by atomic mass is 79.9. The molecule has 0 unspecified atom stereocenters. The molecule has 2 aromatic heterocycles. The second-order valence-electron chi connectivity index (χ2n) is 4.19. The van der Waals surface area contributed by atoms with Crippen LogP contribution in [0, 0.1) is 5.92 Å². The first-order chi connectivity index (χ1) is 8.31. The predicted octanol–water partition coefficient (Wildman–Crippen LogP) is 3.06. The number of hydrogen-bond acceptors (Lipinski definition) is 5. The van der Waals surface area contributed by atoms with Crippen LogP contribution in [-0.2, 0) is 6.54 Å². The lowest BCUT2D eigenvalue weighted by atomic mass is 10.4.